The highest BCUT2D eigenvalue weighted by molar-refractivity contribution is 5.13. The van der Waals surface area contributed by atoms with Crippen molar-refractivity contribution in [3.8, 4) is 0 Å². The minimum Gasteiger partial charge on any atom is -0.170 e. The number of rotatable bonds is 1. The summed E-state index contributed by atoms with van der Waals surface area (Å²) in [6.45, 7) is 2.13. The van der Waals surface area contributed by atoms with Gasteiger partial charge >= 0.3 is 0 Å². The molecule has 54 valence electrons. The summed E-state index contributed by atoms with van der Waals surface area (Å²) >= 11 is 0. The van der Waals surface area contributed by atoms with Crippen molar-refractivity contribution in [2.24, 2.45) is 7.05 Å². The first-order chi connectivity index (χ1) is 4.77. The molecule has 0 bridgehead atoms. The molecule has 1 heterocycles. The molecule has 0 aliphatic heterocycles. The molecule has 0 saturated heterocycles. The van der Waals surface area contributed by atoms with E-state index in [-0.39, 0.29) is 0 Å². The minimum absolute atomic E-state index is 0.847. The van der Waals surface area contributed by atoms with Crippen LogP contribution in [0.3, 0.4) is 0 Å². The van der Waals surface area contributed by atoms with E-state index in [0.29, 0.717) is 0 Å². The molecule has 0 aromatic carbocycles. The van der Waals surface area contributed by atoms with Gasteiger partial charge in [-0.15, -0.1) is 4.68 Å². The van der Waals surface area contributed by atoms with E-state index >= 15 is 0 Å². The van der Waals surface area contributed by atoms with Gasteiger partial charge in [0.15, 0.2) is 7.05 Å². The summed E-state index contributed by atoms with van der Waals surface area (Å²) in [6, 6.07) is 2.25. The first-order valence-electron chi connectivity index (χ1n) is 3.83. The lowest BCUT2D eigenvalue weighted by atomic mass is 10.3. The molecule has 0 amide bonds. The van der Waals surface area contributed by atoms with E-state index in [1.165, 1.54) is 24.2 Å². The molecule has 10 heavy (non-hydrogen) atoms. The molecule has 2 rings (SSSR count). The van der Waals surface area contributed by atoms with Crippen LogP contribution in [0.2, 0.25) is 0 Å². The molecular formula is C8H13N2+. The second kappa shape index (κ2) is 1.84. The third kappa shape index (κ3) is 0.838. The van der Waals surface area contributed by atoms with Crippen molar-refractivity contribution >= 4 is 0 Å². The zero-order chi connectivity index (χ0) is 7.14. The highest BCUT2D eigenvalue weighted by Gasteiger charge is 2.27. The van der Waals surface area contributed by atoms with Crippen molar-refractivity contribution in [3.63, 3.8) is 0 Å². The maximum atomic E-state index is 3.32. The van der Waals surface area contributed by atoms with Crippen LogP contribution in [-0.2, 0) is 7.05 Å². The van der Waals surface area contributed by atoms with Gasteiger partial charge in [0.25, 0.3) is 0 Å². The highest BCUT2D eigenvalue weighted by Crippen LogP contribution is 2.38. The third-order valence-corrected chi connectivity index (χ3v) is 2.21. The molecule has 1 aliphatic carbocycles. The van der Waals surface area contributed by atoms with E-state index in [1.807, 2.05) is 0 Å². The van der Waals surface area contributed by atoms with E-state index in [2.05, 4.69) is 29.8 Å². The fourth-order valence-electron chi connectivity index (χ4n) is 1.24. The van der Waals surface area contributed by atoms with Gasteiger partial charge in [-0.3, -0.25) is 0 Å². The number of aryl methyl sites for hydroxylation is 2. The van der Waals surface area contributed by atoms with Crippen molar-refractivity contribution in [3.05, 3.63) is 17.5 Å². The molecule has 0 atom stereocenters. The first kappa shape index (κ1) is 5.96. The smallest absolute Gasteiger partial charge is 0.170 e. The van der Waals surface area contributed by atoms with Crippen LogP contribution < -0.4 is 4.68 Å². The van der Waals surface area contributed by atoms with Crippen LogP contribution in [-0.4, -0.2) is 5.10 Å². The Morgan fingerprint density at radius 2 is 2.30 bits per heavy atom. The second-order valence-electron chi connectivity index (χ2n) is 3.19. The van der Waals surface area contributed by atoms with Gasteiger partial charge in [-0.05, 0) is 12.8 Å². The Balaban J connectivity index is 2.34. The highest BCUT2D eigenvalue weighted by atomic mass is 15.3. The zero-order valence-corrected chi connectivity index (χ0v) is 6.52. The molecule has 1 fully saturated rings. The van der Waals surface area contributed by atoms with Gasteiger partial charge in [-0.1, -0.05) is 0 Å². The molecule has 2 heteroatoms. The van der Waals surface area contributed by atoms with Gasteiger partial charge in [0.2, 0.25) is 5.69 Å². The number of hydrogen-bond acceptors (Lipinski definition) is 0. The maximum absolute atomic E-state index is 3.32. The molecule has 1 aromatic rings. The maximum Gasteiger partial charge on any atom is 0.204 e. The van der Waals surface area contributed by atoms with Gasteiger partial charge in [-0.25, -0.2) is 0 Å². The summed E-state index contributed by atoms with van der Waals surface area (Å²) in [5, 5.41) is 3.32. The van der Waals surface area contributed by atoms with Crippen LogP contribution in [0.15, 0.2) is 6.07 Å². The lowest BCUT2D eigenvalue weighted by Gasteiger charge is -1.81. The number of H-pyrrole nitrogens is 1. The lowest BCUT2D eigenvalue weighted by molar-refractivity contribution is -0.732. The Labute approximate surface area is 60.9 Å². The molecule has 0 radical (unpaired) electrons. The predicted octanol–water partition coefficient (Wildman–Crippen LogP) is 1.03. The average Bonchev–Trinajstić information content (AvgIpc) is 2.64. The summed E-state index contributed by atoms with van der Waals surface area (Å²) in [5.41, 5.74) is 2.74. The van der Waals surface area contributed by atoms with Crippen LogP contribution >= 0.6 is 0 Å². The normalized spacial score (nSPS) is 17.8. The van der Waals surface area contributed by atoms with Crippen LogP contribution in [0.5, 0.6) is 0 Å². The Morgan fingerprint density at radius 3 is 2.70 bits per heavy atom. The van der Waals surface area contributed by atoms with Crippen LogP contribution in [0, 0.1) is 6.92 Å². The third-order valence-electron chi connectivity index (χ3n) is 2.21. The number of hydrogen-bond donors (Lipinski definition) is 1. The van der Waals surface area contributed by atoms with E-state index in [4.69, 9.17) is 0 Å². The fourth-order valence-corrected chi connectivity index (χ4v) is 1.24. The van der Waals surface area contributed by atoms with Gasteiger partial charge in [0.1, 0.15) is 0 Å². The van der Waals surface area contributed by atoms with Gasteiger partial charge in [0, 0.05) is 18.9 Å². The van der Waals surface area contributed by atoms with Crippen LogP contribution in [0.1, 0.15) is 30.1 Å². The van der Waals surface area contributed by atoms with Crippen molar-refractivity contribution < 1.29 is 4.68 Å². The fraction of sp³-hybridized carbons (Fsp3) is 0.625. The second-order valence-corrected chi connectivity index (χ2v) is 3.19. The lowest BCUT2D eigenvalue weighted by Crippen LogP contribution is -2.32. The summed E-state index contributed by atoms with van der Waals surface area (Å²) in [6.07, 6.45) is 2.75. The quantitative estimate of drug-likeness (QED) is 0.558. The van der Waals surface area contributed by atoms with Crippen molar-refractivity contribution in [1.82, 2.24) is 5.10 Å². The number of nitrogens with one attached hydrogen (secondary N) is 1. The van der Waals surface area contributed by atoms with Crippen molar-refractivity contribution in [1.29, 1.82) is 0 Å². The van der Waals surface area contributed by atoms with Gasteiger partial charge in [0.05, 0.1) is 5.69 Å². The summed E-state index contributed by atoms with van der Waals surface area (Å²) in [7, 11) is 2.06. The SMILES string of the molecule is Cc1cc(C2CC2)[nH][n+]1C. The molecule has 0 spiro atoms. The molecule has 1 aliphatic rings. The number of nitrogens with zero attached hydrogens (tertiary/aromatic N) is 1. The molecular weight excluding hydrogens is 124 g/mol. The van der Waals surface area contributed by atoms with E-state index in [1.54, 1.807) is 0 Å². The minimum atomic E-state index is 0.847. The Bertz CT molecular complexity index is 226. The largest absolute Gasteiger partial charge is 0.204 e. The number of aromatic amines is 1. The Kier molecular flexibility index (Phi) is 1.10. The summed E-state index contributed by atoms with van der Waals surface area (Å²) < 4.78 is 2.08. The molecule has 1 N–H and O–H groups in total. The van der Waals surface area contributed by atoms with Crippen molar-refractivity contribution in [2.75, 3.05) is 0 Å². The first-order valence-corrected chi connectivity index (χ1v) is 3.83. The number of aromatic nitrogens is 2. The molecule has 2 nitrogen and oxygen atoms in total. The Morgan fingerprint density at radius 1 is 1.60 bits per heavy atom. The average molecular weight is 137 g/mol. The van der Waals surface area contributed by atoms with Crippen molar-refractivity contribution in [2.45, 2.75) is 25.7 Å². The van der Waals surface area contributed by atoms with E-state index < -0.39 is 0 Å². The molecule has 0 unspecified atom stereocenters. The predicted molar refractivity (Wildman–Crippen MR) is 38.7 cm³/mol. The van der Waals surface area contributed by atoms with E-state index in [0.717, 1.165) is 5.92 Å². The van der Waals surface area contributed by atoms with Crippen LogP contribution in [0.4, 0.5) is 0 Å². The van der Waals surface area contributed by atoms with E-state index in [9.17, 15) is 0 Å². The molecule has 1 aromatic heterocycles. The van der Waals surface area contributed by atoms with Crippen LogP contribution in [0.25, 0.3) is 0 Å². The zero-order valence-electron chi connectivity index (χ0n) is 6.52. The summed E-state index contributed by atoms with van der Waals surface area (Å²) in [5.74, 6) is 0.847. The van der Waals surface area contributed by atoms with Gasteiger partial charge in [-0.2, -0.15) is 5.10 Å². The molecule has 1 saturated carbocycles. The monoisotopic (exact) mass is 137 g/mol. The standard InChI is InChI=1S/C8H12N2/c1-6-5-8(7-3-4-7)9-10(6)2/h5,7H,3-4H2,1-2H3/p+1. The Hall–Kier alpha value is -0.790. The van der Waals surface area contributed by atoms with Gasteiger partial charge < -0.3 is 0 Å². The summed E-state index contributed by atoms with van der Waals surface area (Å²) in [4.78, 5) is 0. The topological polar surface area (TPSA) is 19.7 Å².